The highest BCUT2D eigenvalue weighted by molar-refractivity contribution is 6.06. The Labute approximate surface area is 169 Å². The van der Waals surface area contributed by atoms with Gasteiger partial charge < -0.3 is 9.84 Å². The number of carbonyl (C=O) groups is 1. The number of phenols is 1. The number of para-hydroxylation sites is 1. The second-order valence-corrected chi connectivity index (χ2v) is 7.07. The Bertz CT molecular complexity index is 1060. The molecule has 1 heterocycles. The van der Waals surface area contributed by atoms with E-state index < -0.39 is 0 Å². The Kier molecular flexibility index (Phi) is 5.04. The monoisotopic (exact) mass is 386 g/mol. The number of hydrazone groups is 1. The molecule has 146 valence electrons. The predicted octanol–water partition coefficient (Wildman–Crippen LogP) is 4.70. The fraction of sp³-hybridized carbons (Fsp3) is 0.167. The van der Waals surface area contributed by atoms with Crippen molar-refractivity contribution in [1.29, 1.82) is 0 Å². The smallest absolute Gasteiger partial charge is 0.274 e. The maximum absolute atomic E-state index is 13.3. The summed E-state index contributed by atoms with van der Waals surface area (Å²) in [5.74, 6) is 0.741. The number of hydrogen-bond acceptors (Lipinski definition) is 4. The van der Waals surface area contributed by atoms with Crippen LogP contribution in [0.1, 0.15) is 39.5 Å². The lowest BCUT2D eigenvalue weighted by molar-refractivity contribution is 0.0711. The van der Waals surface area contributed by atoms with Crippen molar-refractivity contribution in [2.75, 3.05) is 7.11 Å². The van der Waals surface area contributed by atoms with Crippen molar-refractivity contribution in [2.45, 2.75) is 19.4 Å². The van der Waals surface area contributed by atoms with Crippen LogP contribution in [0.3, 0.4) is 0 Å². The average Bonchev–Trinajstić information content (AvgIpc) is 3.19. The summed E-state index contributed by atoms with van der Waals surface area (Å²) in [5.41, 5.74) is 3.96. The molecule has 0 aromatic heterocycles. The Morgan fingerprint density at radius 2 is 1.72 bits per heavy atom. The summed E-state index contributed by atoms with van der Waals surface area (Å²) >= 11 is 0. The number of rotatable bonds is 4. The van der Waals surface area contributed by atoms with E-state index in [0.717, 1.165) is 16.9 Å². The highest BCUT2D eigenvalue weighted by Crippen LogP contribution is 2.36. The van der Waals surface area contributed by atoms with Gasteiger partial charge in [0.25, 0.3) is 5.91 Å². The van der Waals surface area contributed by atoms with Crippen molar-refractivity contribution >= 4 is 11.6 Å². The molecule has 4 rings (SSSR count). The molecule has 0 fully saturated rings. The van der Waals surface area contributed by atoms with Crippen molar-refractivity contribution < 1.29 is 14.6 Å². The zero-order valence-electron chi connectivity index (χ0n) is 16.4. The van der Waals surface area contributed by atoms with E-state index in [2.05, 4.69) is 5.10 Å². The van der Waals surface area contributed by atoms with Crippen LogP contribution >= 0.6 is 0 Å². The van der Waals surface area contributed by atoms with Gasteiger partial charge in [-0.1, -0.05) is 42.0 Å². The van der Waals surface area contributed by atoms with Gasteiger partial charge in [-0.25, -0.2) is 5.01 Å². The minimum Gasteiger partial charge on any atom is -0.507 e. The first-order valence-corrected chi connectivity index (χ1v) is 9.47. The van der Waals surface area contributed by atoms with Gasteiger partial charge in [0.15, 0.2) is 0 Å². The summed E-state index contributed by atoms with van der Waals surface area (Å²) in [6.45, 7) is 1.98. The predicted molar refractivity (Wildman–Crippen MR) is 112 cm³/mol. The number of amides is 1. The number of aryl methyl sites for hydroxylation is 1. The quantitative estimate of drug-likeness (QED) is 0.707. The molecule has 1 atom stereocenters. The molecule has 0 unspecified atom stereocenters. The molecule has 29 heavy (non-hydrogen) atoms. The molecule has 1 aliphatic rings. The summed E-state index contributed by atoms with van der Waals surface area (Å²) in [6.07, 6.45) is 0.515. The van der Waals surface area contributed by atoms with E-state index in [-0.39, 0.29) is 17.7 Å². The SMILES string of the molecule is COc1ccc([C@@H]2CC(c3ccccc3O)=NN2C(=O)c2ccc(C)cc2)cc1. The molecule has 1 aliphatic heterocycles. The summed E-state index contributed by atoms with van der Waals surface area (Å²) in [4.78, 5) is 13.3. The normalized spacial score (nSPS) is 15.9. The molecule has 0 radical (unpaired) electrons. The topological polar surface area (TPSA) is 62.1 Å². The molecule has 0 spiro atoms. The molecule has 3 aromatic carbocycles. The van der Waals surface area contributed by atoms with Crippen molar-refractivity contribution in [3.05, 3.63) is 95.1 Å². The van der Waals surface area contributed by atoms with Gasteiger partial charge in [-0.2, -0.15) is 5.10 Å². The molecular formula is C24H22N2O3. The van der Waals surface area contributed by atoms with E-state index in [1.54, 1.807) is 19.2 Å². The van der Waals surface area contributed by atoms with Gasteiger partial charge in [-0.15, -0.1) is 0 Å². The Hall–Kier alpha value is -3.60. The van der Waals surface area contributed by atoms with Crippen LogP contribution in [0.2, 0.25) is 0 Å². The number of phenolic OH excluding ortho intramolecular Hbond substituents is 1. The number of hydrogen-bond donors (Lipinski definition) is 1. The number of carbonyl (C=O) groups excluding carboxylic acids is 1. The third kappa shape index (κ3) is 3.72. The molecule has 0 saturated heterocycles. The standard InChI is InChI=1S/C24H22N2O3/c1-16-7-9-18(10-8-16)24(28)26-22(17-11-13-19(29-2)14-12-17)15-21(25-26)20-5-3-4-6-23(20)27/h3-14,22,27H,15H2,1-2H3/t22-/m0/s1. The first-order chi connectivity index (χ1) is 14.1. The minimum absolute atomic E-state index is 0.157. The van der Waals surface area contributed by atoms with Gasteiger partial charge in [0.05, 0.1) is 18.9 Å². The van der Waals surface area contributed by atoms with E-state index >= 15 is 0 Å². The molecule has 5 nitrogen and oxygen atoms in total. The Morgan fingerprint density at radius 3 is 2.38 bits per heavy atom. The highest BCUT2D eigenvalue weighted by Gasteiger charge is 2.34. The van der Waals surface area contributed by atoms with Crippen molar-refractivity contribution in [1.82, 2.24) is 5.01 Å². The lowest BCUT2D eigenvalue weighted by atomic mass is 9.97. The lowest BCUT2D eigenvalue weighted by Crippen LogP contribution is -2.27. The molecule has 3 aromatic rings. The molecule has 1 amide bonds. The van der Waals surface area contributed by atoms with Crippen LogP contribution < -0.4 is 4.74 Å². The van der Waals surface area contributed by atoms with Crippen LogP contribution in [0.5, 0.6) is 11.5 Å². The number of ether oxygens (including phenoxy) is 1. The minimum atomic E-state index is -0.260. The van der Waals surface area contributed by atoms with Crippen LogP contribution in [-0.2, 0) is 0 Å². The molecule has 0 saturated carbocycles. The van der Waals surface area contributed by atoms with Crippen molar-refractivity contribution in [2.24, 2.45) is 5.10 Å². The maximum Gasteiger partial charge on any atom is 0.274 e. The van der Waals surface area contributed by atoms with Crippen LogP contribution in [0.15, 0.2) is 77.9 Å². The summed E-state index contributed by atoms with van der Waals surface area (Å²) in [7, 11) is 1.62. The van der Waals surface area contributed by atoms with Gasteiger partial charge in [0.1, 0.15) is 11.5 Å². The van der Waals surface area contributed by atoms with Crippen LogP contribution in [0, 0.1) is 6.92 Å². The summed E-state index contributed by atoms with van der Waals surface area (Å²) in [6, 6.07) is 21.9. The van der Waals surface area contributed by atoms with Crippen LogP contribution in [-0.4, -0.2) is 28.8 Å². The first kappa shape index (κ1) is 18.7. The fourth-order valence-corrected chi connectivity index (χ4v) is 3.49. The zero-order chi connectivity index (χ0) is 20.4. The maximum atomic E-state index is 13.3. The third-order valence-electron chi connectivity index (χ3n) is 5.13. The van der Waals surface area contributed by atoms with E-state index in [1.165, 1.54) is 5.01 Å². The second kappa shape index (κ2) is 7.80. The van der Waals surface area contributed by atoms with E-state index in [9.17, 15) is 9.90 Å². The first-order valence-electron chi connectivity index (χ1n) is 9.47. The van der Waals surface area contributed by atoms with Crippen LogP contribution in [0.25, 0.3) is 0 Å². The van der Waals surface area contributed by atoms with Gasteiger partial charge >= 0.3 is 0 Å². The Morgan fingerprint density at radius 1 is 1.03 bits per heavy atom. The number of benzene rings is 3. The van der Waals surface area contributed by atoms with E-state index in [4.69, 9.17) is 4.74 Å². The molecule has 1 N–H and O–H groups in total. The molecule has 0 aliphatic carbocycles. The number of aromatic hydroxyl groups is 1. The van der Waals surface area contributed by atoms with E-state index in [0.29, 0.717) is 23.3 Å². The van der Waals surface area contributed by atoms with Gasteiger partial charge in [0, 0.05) is 17.5 Å². The number of nitrogens with zero attached hydrogens (tertiary/aromatic N) is 2. The van der Waals surface area contributed by atoms with Crippen LogP contribution in [0.4, 0.5) is 0 Å². The average molecular weight is 386 g/mol. The highest BCUT2D eigenvalue weighted by atomic mass is 16.5. The van der Waals surface area contributed by atoms with Gasteiger partial charge in [-0.05, 0) is 48.9 Å². The van der Waals surface area contributed by atoms with E-state index in [1.807, 2.05) is 67.6 Å². The largest absolute Gasteiger partial charge is 0.507 e. The Balaban J connectivity index is 1.73. The molecule has 0 bridgehead atoms. The molecule has 5 heteroatoms. The lowest BCUT2D eigenvalue weighted by Gasteiger charge is -2.22. The summed E-state index contributed by atoms with van der Waals surface area (Å²) in [5, 5.41) is 16.4. The summed E-state index contributed by atoms with van der Waals surface area (Å²) < 4.78 is 5.25. The zero-order valence-corrected chi connectivity index (χ0v) is 16.4. The third-order valence-corrected chi connectivity index (χ3v) is 5.13. The second-order valence-electron chi connectivity index (χ2n) is 7.07. The van der Waals surface area contributed by atoms with Crippen molar-refractivity contribution in [3.8, 4) is 11.5 Å². The van der Waals surface area contributed by atoms with Gasteiger partial charge in [-0.3, -0.25) is 4.79 Å². The van der Waals surface area contributed by atoms with Gasteiger partial charge in [0.2, 0.25) is 0 Å². The fourth-order valence-electron chi connectivity index (χ4n) is 3.49. The molecular weight excluding hydrogens is 364 g/mol. The number of methoxy groups -OCH3 is 1. The van der Waals surface area contributed by atoms with Crippen molar-refractivity contribution in [3.63, 3.8) is 0 Å².